The lowest BCUT2D eigenvalue weighted by molar-refractivity contribution is 0.0722. The van der Waals surface area contributed by atoms with Crippen molar-refractivity contribution in [3.05, 3.63) is 80.5 Å². The van der Waals surface area contributed by atoms with Gasteiger partial charge in [0.1, 0.15) is 11.4 Å². The maximum absolute atomic E-state index is 13.5. The first kappa shape index (κ1) is 20.3. The van der Waals surface area contributed by atoms with Crippen LogP contribution in [0.1, 0.15) is 45.3 Å². The summed E-state index contributed by atoms with van der Waals surface area (Å²) < 4.78 is 19.5. The van der Waals surface area contributed by atoms with Gasteiger partial charge in [-0.3, -0.25) is 9.59 Å². The first-order valence-corrected chi connectivity index (χ1v) is 10.1. The van der Waals surface area contributed by atoms with Gasteiger partial charge in [-0.15, -0.1) is 0 Å². The van der Waals surface area contributed by atoms with Gasteiger partial charge in [0.15, 0.2) is 5.43 Å². The van der Waals surface area contributed by atoms with E-state index in [-0.39, 0.29) is 22.9 Å². The maximum Gasteiger partial charge on any atom is 0.290 e. The summed E-state index contributed by atoms with van der Waals surface area (Å²) in [5.74, 6) is -0.565. The Morgan fingerprint density at radius 3 is 2.40 bits per heavy atom. The zero-order valence-electron chi connectivity index (χ0n) is 17.7. The van der Waals surface area contributed by atoms with E-state index in [1.165, 1.54) is 12.1 Å². The number of carbonyl (C=O) groups is 1. The van der Waals surface area contributed by atoms with Crippen LogP contribution in [-0.4, -0.2) is 42.9 Å². The molecule has 5 nitrogen and oxygen atoms in total. The van der Waals surface area contributed by atoms with Crippen LogP contribution >= 0.6 is 0 Å². The first-order valence-electron chi connectivity index (χ1n) is 10.1. The molecule has 0 bridgehead atoms. The third kappa shape index (κ3) is 3.41. The zero-order valence-corrected chi connectivity index (χ0v) is 17.7. The Balaban J connectivity index is 1.90. The van der Waals surface area contributed by atoms with Gasteiger partial charge in [0.2, 0.25) is 5.76 Å². The van der Waals surface area contributed by atoms with E-state index in [0.29, 0.717) is 28.6 Å². The number of aryl methyl sites for hydroxylation is 2. The molecule has 1 aliphatic heterocycles. The van der Waals surface area contributed by atoms with E-state index in [9.17, 15) is 14.0 Å². The van der Waals surface area contributed by atoms with Crippen molar-refractivity contribution in [2.75, 3.05) is 27.2 Å². The Morgan fingerprint density at radius 2 is 1.73 bits per heavy atom. The molecule has 0 saturated heterocycles. The zero-order chi connectivity index (χ0) is 21.6. The van der Waals surface area contributed by atoms with Gasteiger partial charge in [-0.25, -0.2) is 4.39 Å². The molecule has 0 fully saturated rings. The van der Waals surface area contributed by atoms with Gasteiger partial charge in [-0.05, 0) is 81.9 Å². The molecule has 1 aliphatic rings. The Labute approximate surface area is 174 Å². The minimum atomic E-state index is -0.586. The van der Waals surface area contributed by atoms with E-state index in [1.807, 2.05) is 38.9 Å². The number of amides is 1. The van der Waals surface area contributed by atoms with Crippen LogP contribution in [0, 0.1) is 19.7 Å². The van der Waals surface area contributed by atoms with Crippen LogP contribution in [0.5, 0.6) is 0 Å². The van der Waals surface area contributed by atoms with E-state index in [0.717, 1.165) is 24.1 Å². The molecule has 0 N–H and O–H groups in total. The van der Waals surface area contributed by atoms with Crippen molar-refractivity contribution in [1.82, 2.24) is 9.80 Å². The molecular weight excluding hydrogens is 383 g/mol. The number of nitrogens with zero attached hydrogens (tertiary/aromatic N) is 2. The Kier molecular flexibility index (Phi) is 5.20. The largest absolute Gasteiger partial charge is 0.450 e. The highest BCUT2D eigenvalue weighted by Gasteiger charge is 2.42. The molecule has 0 saturated carbocycles. The molecule has 0 spiro atoms. The van der Waals surface area contributed by atoms with Crippen molar-refractivity contribution in [3.63, 3.8) is 0 Å². The summed E-state index contributed by atoms with van der Waals surface area (Å²) in [7, 11) is 3.95. The van der Waals surface area contributed by atoms with Crippen LogP contribution in [0.4, 0.5) is 4.39 Å². The van der Waals surface area contributed by atoms with Crippen molar-refractivity contribution in [2.24, 2.45) is 0 Å². The molecule has 1 unspecified atom stereocenters. The maximum atomic E-state index is 13.5. The van der Waals surface area contributed by atoms with Crippen molar-refractivity contribution in [2.45, 2.75) is 26.3 Å². The van der Waals surface area contributed by atoms with Gasteiger partial charge >= 0.3 is 0 Å². The van der Waals surface area contributed by atoms with Crippen molar-refractivity contribution in [1.29, 1.82) is 0 Å². The average Bonchev–Trinajstić information content (AvgIpc) is 2.97. The summed E-state index contributed by atoms with van der Waals surface area (Å²) in [5.41, 5.74) is 3.24. The quantitative estimate of drug-likeness (QED) is 0.639. The molecule has 156 valence electrons. The lowest BCUT2D eigenvalue weighted by atomic mass is 9.97. The standard InChI is InChI=1S/C24H25FN2O3/c1-14-12-18-19(13-15(14)2)30-23-20(22(18)28)21(16-6-8-17(25)9-7-16)27(24(23)29)11-5-10-26(3)4/h6-9,12-13,21H,5,10-11H2,1-4H3. The monoisotopic (exact) mass is 408 g/mol. The molecule has 2 heterocycles. The fourth-order valence-corrected chi connectivity index (χ4v) is 4.06. The van der Waals surface area contributed by atoms with Gasteiger partial charge in [-0.1, -0.05) is 12.1 Å². The van der Waals surface area contributed by atoms with E-state index < -0.39 is 6.04 Å². The van der Waals surface area contributed by atoms with Crippen molar-refractivity contribution < 1.29 is 13.6 Å². The van der Waals surface area contributed by atoms with Crippen molar-refractivity contribution in [3.8, 4) is 0 Å². The highest BCUT2D eigenvalue weighted by molar-refractivity contribution is 5.99. The fourth-order valence-electron chi connectivity index (χ4n) is 4.06. The van der Waals surface area contributed by atoms with Gasteiger partial charge in [0.25, 0.3) is 5.91 Å². The third-order valence-corrected chi connectivity index (χ3v) is 5.77. The van der Waals surface area contributed by atoms with Crippen LogP contribution in [0.3, 0.4) is 0 Å². The molecule has 1 aromatic heterocycles. The number of rotatable bonds is 5. The summed E-state index contributed by atoms with van der Waals surface area (Å²) in [6.07, 6.45) is 0.746. The molecule has 1 atom stereocenters. The van der Waals surface area contributed by atoms with Gasteiger partial charge in [-0.2, -0.15) is 0 Å². The predicted octanol–water partition coefficient (Wildman–Crippen LogP) is 4.05. The fraction of sp³-hybridized carbons (Fsp3) is 0.333. The lowest BCUT2D eigenvalue weighted by Crippen LogP contribution is -2.32. The number of halogens is 1. The molecule has 30 heavy (non-hydrogen) atoms. The summed E-state index contributed by atoms with van der Waals surface area (Å²) in [6, 6.07) is 9.01. The molecule has 3 aromatic rings. The third-order valence-electron chi connectivity index (χ3n) is 5.77. The van der Waals surface area contributed by atoms with Gasteiger partial charge in [0.05, 0.1) is 17.0 Å². The number of hydrogen-bond acceptors (Lipinski definition) is 4. The minimum Gasteiger partial charge on any atom is -0.450 e. The second-order valence-corrected chi connectivity index (χ2v) is 8.22. The molecule has 1 amide bonds. The van der Waals surface area contributed by atoms with Crippen LogP contribution < -0.4 is 5.43 Å². The van der Waals surface area contributed by atoms with Gasteiger partial charge < -0.3 is 14.2 Å². The summed E-state index contributed by atoms with van der Waals surface area (Å²) in [4.78, 5) is 30.5. The highest BCUT2D eigenvalue weighted by atomic mass is 19.1. The van der Waals surface area contributed by atoms with E-state index in [4.69, 9.17) is 4.42 Å². The summed E-state index contributed by atoms with van der Waals surface area (Å²) in [6.45, 7) is 5.16. The lowest BCUT2D eigenvalue weighted by Gasteiger charge is -2.25. The number of fused-ring (bicyclic) bond motifs is 2. The van der Waals surface area contributed by atoms with Crippen LogP contribution in [0.15, 0.2) is 45.6 Å². The van der Waals surface area contributed by atoms with E-state index >= 15 is 0 Å². The molecular formula is C24H25FN2O3. The summed E-state index contributed by atoms with van der Waals surface area (Å²) in [5, 5.41) is 0.465. The SMILES string of the molecule is Cc1cc2oc3c(c(=O)c2cc1C)C(c1ccc(F)cc1)N(CCCN(C)C)C3=O. The molecule has 2 aromatic carbocycles. The normalized spacial score (nSPS) is 16.0. The Hall–Kier alpha value is -2.99. The number of carbonyl (C=O) groups excluding carboxylic acids is 1. The highest BCUT2D eigenvalue weighted by Crippen LogP contribution is 2.38. The smallest absolute Gasteiger partial charge is 0.290 e. The van der Waals surface area contributed by atoms with E-state index in [2.05, 4.69) is 0 Å². The minimum absolute atomic E-state index is 0.0925. The second-order valence-electron chi connectivity index (χ2n) is 8.22. The van der Waals surface area contributed by atoms with Crippen molar-refractivity contribution >= 4 is 16.9 Å². The van der Waals surface area contributed by atoms with Crippen LogP contribution in [0.2, 0.25) is 0 Å². The Bertz CT molecular complexity index is 1180. The Morgan fingerprint density at radius 1 is 1.07 bits per heavy atom. The molecule has 4 rings (SSSR count). The van der Waals surface area contributed by atoms with Gasteiger partial charge in [0, 0.05) is 6.54 Å². The molecule has 0 radical (unpaired) electrons. The number of benzene rings is 2. The topological polar surface area (TPSA) is 53.8 Å². The molecule has 6 heteroatoms. The number of hydrogen-bond donors (Lipinski definition) is 0. The van der Waals surface area contributed by atoms with Crippen LogP contribution in [0.25, 0.3) is 11.0 Å². The molecule has 0 aliphatic carbocycles. The van der Waals surface area contributed by atoms with E-state index in [1.54, 1.807) is 23.1 Å². The predicted molar refractivity (Wildman–Crippen MR) is 114 cm³/mol. The average molecular weight is 408 g/mol. The first-order chi connectivity index (χ1) is 14.3. The second kappa shape index (κ2) is 7.69. The van der Waals surface area contributed by atoms with Crippen LogP contribution in [-0.2, 0) is 0 Å². The summed E-state index contributed by atoms with van der Waals surface area (Å²) >= 11 is 0.